The Morgan fingerprint density at radius 2 is 1.62 bits per heavy atom. The second-order valence-electron chi connectivity index (χ2n) is 8.33. The van der Waals surface area contributed by atoms with Crippen molar-refractivity contribution in [3.63, 3.8) is 0 Å². The molecule has 1 atom stereocenters. The molecule has 164 valence electrons. The van der Waals surface area contributed by atoms with Gasteiger partial charge in [0.05, 0.1) is 6.54 Å². The van der Waals surface area contributed by atoms with Gasteiger partial charge in [0, 0.05) is 27.7 Å². The lowest BCUT2D eigenvalue weighted by molar-refractivity contribution is -0.130. The Hall–Kier alpha value is -3.38. The number of Topliss-reactive ketones (excluding diaryl/α,β-unsaturated/α-hetero) is 1. The Kier molecular flexibility index (Phi) is 5.42. The molecule has 0 bridgehead atoms. The predicted octanol–water partition coefficient (Wildman–Crippen LogP) is 4.71. The number of imide groups is 1. The maximum atomic E-state index is 13.2. The van der Waals surface area contributed by atoms with Crippen molar-refractivity contribution in [3.8, 4) is 5.69 Å². The molecule has 6 nitrogen and oxygen atoms in total. The van der Waals surface area contributed by atoms with Gasteiger partial charge in [0.15, 0.2) is 5.78 Å². The minimum Gasteiger partial charge on any atom is -0.319 e. The first-order chi connectivity index (χ1) is 15.1. The Bertz CT molecular complexity index is 1230. The van der Waals surface area contributed by atoms with Crippen LogP contribution in [-0.4, -0.2) is 33.7 Å². The van der Waals surface area contributed by atoms with Crippen molar-refractivity contribution in [2.75, 3.05) is 6.54 Å². The summed E-state index contributed by atoms with van der Waals surface area (Å²) in [5.41, 5.74) is 3.49. The molecule has 2 heterocycles. The summed E-state index contributed by atoms with van der Waals surface area (Å²) in [6.07, 6.45) is 0. The van der Waals surface area contributed by atoms with E-state index in [0.717, 1.165) is 27.5 Å². The van der Waals surface area contributed by atoms with Crippen LogP contribution in [-0.2, 0) is 10.3 Å². The number of carbonyl (C=O) groups is 3. The van der Waals surface area contributed by atoms with Crippen LogP contribution in [0, 0.1) is 20.8 Å². The van der Waals surface area contributed by atoms with Gasteiger partial charge in [0.25, 0.3) is 5.91 Å². The predicted molar refractivity (Wildman–Crippen MR) is 123 cm³/mol. The molecule has 1 saturated heterocycles. The van der Waals surface area contributed by atoms with Gasteiger partial charge in [-0.15, -0.1) is 0 Å². The summed E-state index contributed by atoms with van der Waals surface area (Å²) in [4.78, 5) is 40.0. The Balaban J connectivity index is 1.60. The monoisotopic (exact) mass is 449 g/mol. The van der Waals surface area contributed by atoms with Gasteiger partial charge >= 0.3 is 6.03 Å². The quantitative estimate of drug-likeness (QED) is 0.453. The summed E-state index contributed by atoms with van der Waals surface area (Å²) >= 11 is 5.99. The molecule has 1 aliphatic rings. The zero-order valence-electron chi connectivity index (χ0n) is 18.4. The van der Waals surface area contributed by atoms with E-state index in [1.807, 2.05) is 61.7 Å². The standard InChI is InChI=1S/C25H24ClN3O3/c1-15-5-7-18(8-6-15)25(4)23(31)28(24(32)27-25)14-22(30)21-13-16(2)29(17(21)3)20-11-9-19(26)10-12-20/h5-13H,14H2,1-4H3,(H,27,32)/t25-/m1/s1. The molecule has 0 radical (unpaired) electrons. The van der Waals surface area contributed by atoms with Gasteiger partial charge in [0.2, 0.25) is 0 Å². The van der Waals surface area contributed by atoms with E-state index >= 15 is 0 Å². The molecular formula is C25H24ClN3O3. The van der Waals surface area contributed by atoms with Crippen LogP contribution in [0.3, 0.4) is 0 Å². The van der Waals surface area contributed by atoms with E-state index in [0.29, 0.717) is 16.1 Å². The maximum Gasteiger partial charge on any atom is 0.325 e. The van der Waals surface area contributed by atoms with Crippen LogP contribution in [0.15, 0.2) is 54.6 Å². The van der Waals surface area contributed by atoms with Crippen molar-refractivity contribution >= 4 is 29.3 Å². The third kappa shape index (κ3) is 3.60. The number of aryl methyl sites for hydroxylation is 2. The van der Waals surface area contributed by atoms with Crippen molar-refractivity contribution < 1.29 is 14.4 Å². The number of rotatable bonds is 5. The van der Waals surface area contributed by atoms with E-state index in [1.54, 1.807) is 25.1 Å². The molecule has 0 unspecified atom stereocenters. The van der Waals surface area contributed by atoms with E-state index in [1.165, 1.54) is 0 Å². The Morgan fingerprint density at radius 3 is 2.25 bits per heavy atom. The average molecular weight is 450 g/mol. The summed E-state index contributed by atoms with van der Waals surface area (Å²) in [6, 6.07) is 16.0. The van der Waals surface area contributed by atoms with Crippen molar-refractivity contribution in [2.45, 2.75) is 33.2 Å². The number of halogens is 1. The van der Waals surface area contributed by atoms with Crippen LogP contribution in [0.1, 0.15) is 39.8 Å². The fourth-order valence-corrected chi connectivity index (χ4v) is 4.31. The lowest BCUT2D eigenvalue weighted by atomic mass is 9.91. The van der Waals surface area contributed by atoms with E-state index in [-0.39, 0.29) is 12.3 Å². The molecule has 1 aromatic heterocycles. The van der Waals surface area contributed by atoms with Gasteiger partial charge in [-0.05, 0) is 63.6 Å². The fraction of sp³-hybridized carbons (Fsp3) is 0.240. The van der Waals surface area contributed by atoms with Crippen molar-refractivity contribution in [3.05, 3.63) is 87.7 Å². The van der Waals surface area contributed by atoms with Gasteiger partial charge in [0.1, 0.15) is 5.54 Å². The molecular weight excluding hydrogens is 426 g/mol. The topological polar surface area (TPSA) is 71.4 Å². The lowest BCUT2D eigenvalue weighted by Crippen LogP contribution is -2.41. The first-order valence-corrected chi connectivity index (χ1v) is 10.7. The number of hydrogen-bond acceptors (Lipinski definition) is 3. The fourth-order valence-electron chi connectivity index (χ4n) is 4.18. The van der Waals surface area contributed by atoms with Crippen LogP contribution in [0.25, 0.3) is 5.69 Å². The van der Waals surface area contributed by atoms with Crippen LogP contribution in [0.4, 0.5) is 4.79 Å². The molecule has 4 rings (SSSR count). The second-order valence-corrected chi connectivity index (χ2v) is 8.77. The molecule has 32 heavy (non-hydrogen) atoms. The van der Waals surface area contributed by atoms with Gasteiger partial charge in [-0.25, -0.2) is 4.79 Å². The van der Waals surface area contributed by atoms with Crippen LogP contribution in [0.2, 0.25) is 5.02 Å². The van der Waals surface area contributed by atoms with E-state index in [9.17, 15) is 14.4 Å². The summed E-state index contributed by atoms with van der Waals surface area (Å²) < 4.78 is 1.95. The summed E-state index contributed by atoms with van der Waals surface area (Å²) in [5, 5.41) is 3.38. The molecule has 0 saturated carbocycles. The normalized spacial score (nSPS) is 18.2. The molecule has 0 spiro atoms. The average Bonchev–Trinajstić information content (AvgIpc) is 3.17. The van der Waals surface area contributed by atoms with Crippen molar-refractivity contribution in [1.29, 1.82) is 0 Å². The number of nitrogens with zero attached hydrogens (tertiary/aromatic N) is 2. The number of urea groups is 1. The highest BCUT2D eigenvalue weighted by molar-refractivity contribution is 6.30. The summed E-state index contributed by atoms with van der Waals surface area (Å²) in [7, 11) is 0. The SMILES string of the molecule is Cc1ccc([C@@]2(C)NC(=O)N(CC(=O)c3cc(C)n(-c4ccc(Cl)cc4)c3C)C2=O)cc1. The van der Waals surface area contributed by atoms with Gasteiger partial charge in [-0.3, -0.25) is 14.5 Å². The second kappa shape index (κ2) is 7.95. The first-order valence-electron chi connectivity index (χ1n) is 10.3. The summed E-state index contributed by atoms with van der Waals surface area (Å²) in [5.74, 6) is -0.735. The highest BCUT2D eigenvalue weighted by Crippen LogP contribution is 2.30. The number of amides is 3. The maximum absolute atomic E-state index is 13.2. The number of aromatic nitrogens is 1. The molecule has 1 N–H and O–H groups in total. The zero-order valence-corrected chi connectivity index (χ0v) is 19.2. The smallest absolute Gasteiger partial charge is 0.319 e. The summed E-state index contributed by atoms with van der Waals surface area (Å²) in [6.45, 7) is 7.04. The highest BCUT2D eigenvalue weighted by atomic mass is 35.5. The zero-order chi connectivity index (χ0) is 23.2. The Morgan fingerprint density at radius 1 is 1.00 bits per heavy atom. The Labute approximate surface area is 191 Å². The minimum atomic E-state index is -1.20. The van der Waals surface area contributed by atoms with Crippen LogP contribution >= 0.6 is 11.6 Å². The van der Waals surface area contributed by atoms with Crippen LogP contribution < -0.4 is 5.32 Å². The highest BCUT2D eigenvalue weighted by Gasteiger charge is 2.49. The third-order valence-electron chi connectivity index (χ3n) is 6.02. The first kappa shape index (κ1) is 21.8. The molecule has 1 fully saturated rings. The molecule has 3 amide bonds. The molecule has 3 aromatic rings. The van der Waals surface area contributed by atoms with E-state index in [4.69, 9.17) is 11.6 Å². The number of nitrogens with one attached hydrogen (secondary N) is 1. The number of hydrogen-bond donors (Lipinski definition) is 1. The molecule has 0 aliphatic carbocycles. The van der Waals surface area contributed by atoms with Gasteiger partial charge in [-0.2, -0.15) is 0 Å². The number of benzene rings is 2. The van der Waals surface area contributed by atoms with Crippen LogP contribution in [0.5, 0.6) is 0 Å². The van der Waals surface area contributed by atoms with Crippen molar-refractivity contribution in [1.82, 2.24) is 14.8 Å². The largest absolute Gasteiger partial charge is 0.325 e. The number of carbonyl (C=O) groups excluding carboxylic acids is 3. The van der Waals surface area contributed by atoms with Crippen molar-refractivity contribution in [2.24, 2.45) is 0 Å². The van der Waals surface area contributed by atoms with Gasteiger partial charge in [-0.1, -0.05) is 41.4 Å². The molecule has 7 heteroatoms. The van der Waals surface area contributed by atoms with E-state index in [2.05, 4.69) is 5.32 Å². The molecule has 2 aromatic carbocycles. The minimum absolute atomic E-state index is 0.296. The molecule has 1 aliphatic heterocycles. The number of ketones is 1. The lowest BCUT2D eigenvalue weighted by Gasteiger charge is -2.22. The van der Waals surface area contributed by atoms with Gasteiger partial charge < -0.3 is 9.88 Å². The van der Waals surface area contributed by atoms with E-state index < -0.39 is 17.5 Å². The third-order valence-corrected chi connectivity index (χ3v) is 6.27.